The van der Waals surface area contributed by atoms with Crippen molar-refractivity contribution in [3.63, 3.8) is 0 Å². The second kappa shape index (κ2) is 11.2. The number of nitrogens with zero attached hydrogens (tertiary/aromatic N) is 1. The third-order valence-corrected chi connectivity index (χ3v) is 6.30. The lowest BCUT2D eigenvalue weighted by Crippen LogP contribution is -2.55. The summed E-state index contributed by atoms with van der Waals surface area (Å²) in [6.45, 7) is 1.76. The lowest BCUT2D eigenvalue weighted by atomic mass is 9.88. The minimum absolute atomic E-state index is 0.0191. The van der Waals surface area contributed by atoms with Gasteiger partial charge in [0.1, 0.15) is 11.9 Å². The highest BCUT2D eigenvalue weighted by atomic mass is 19.1. The molecule has 170 valence electrons. The number of carbonyl (C=O) groups is 3. The number of hydrogen-bond donors (Lipinski definition) is 2. The van der Waals surface area contributed by atoms with Gasteiger partial charge in [-0.2, -0.15) is 0 Å². The maximum absolute atomic E-state index is 13.1. The lowest BCUT2D eigenvalue weighted by molar-refractivity contribution is -0.132. The highest BCUT2D eigenvalue weighted by molar-refractivity contribution is 5.94. The molecule has 3 rings (SSSR count). The number of likely N-dealkylation sites (tertiary alicyclic amines) is 1. The Balaban J connectivity index is 1.61. The zero-order valence-corrected chi connectivity index (χ0v) is 18.1. The van der Waals surface area contributed by atoms with Crippen molar-refractivity contribution >= 4 is 17.7 Å². The number of carbonyl (C=O) groups excluding carboxylic acids is 3. The average molecular weight is 434 g/mol. The molecule has 1 unspecified atom stereocenters. The predicted octanol–water partition coefficient (Wildman–Crippen LogP) is 2.12. The predicted molar refractivity (Wildman–Crippen MR) is 114 cm³/mol. The molecule has 0 bridgehead atoms. The molecule has 2 aliphatic rings. The minimum atomic E-state index is -0.618. The third-order valence-electron chi connectivity index (χ3n) is 6.30. The summed E-state index contributed by atoms with van der Waals surface area (Å²) in [6.07, 6.45) is 5.06. The van der Waals surface area contributed by atoms with E-state index in [0.29, 0.717) is 44.6 Å². The van der Waals surface area contributed by atoms with Crippen molar-refractivity contribution in [1.29, 1.82) is 0 Å². The first-order valence-electron chi connectivity index (χ1n) is 11.1. The van der Waals surface area contributed by atoms with Crippen LogP contribution in [0.25, 0.3) is 0 Å². The van der Waals surface area contributed by atoms with Crippen molar-refractivity contribution < 1.29 is 23.5 Å². The molecule has 1 heterocycles. The summed E-state index contributed by atoms with van der Waals surface area (Å²) in [5.74, 6) is -0.842. The quantitative estimate of drug-likeness (QED) is 0.615. The SMILES string of the molecule is COCCNC(=O)C(NC(=O)C1CCCC1)C1CCN(C(=O)c2ccc(F)cc2)CC1. The summed E-state index contributed by atoms with van der Waals surface area (Å²) >= 11 is 0. The first-order chi connectivity index (χ1) is 15.0. The fourth-order valence-corrected chi connectivity index (χ4v) is 4.45. The van der Waals surface area contributed by atoms with Gasteiger partial charge in [-0.3, -0.25) is 14.4 Å². The van der Waals surface area contributed by atoms with Gasteiger partial charge < -0.3 is 20.3 Å². The summed E-state index contributed by atoms with van der Waals surface area (Å²) in [5, 5.41) is 5.85. The molecule has 1 saturated heterocycles. The van der Waals surface area contributed by atoms with Crippen molar-refractivity contribution in [3.8, 4) is 0 Å². The van der Waals surface area contributed by atoms with Crippen molar-refractivity contribution in [3.05, 3.63) is 35.6 Å². The fourth-order valence-electron chi connectivity index (χ4n) is 4.45. The van der Waals surface area contributed by atoms with Crippen LogP contribution in [-0.4, -0.2) is 62.0 Å². The van der Waals surface area contributed by atoms with E-state index in [0.717, 1.165) is 25.7 Å². The molecule has 1 saturated carbocycles. The Kier molecular flexibility index (Phi) is 8.40. The van der Waals surface area contributed by atoms with E-state index < -0.39 is 6.04 Å². The molecule has 0 aromatic heterocycles. The maximum atomic E-state index is 13.1. The second-order valence-corrected chi connectivity index (χ2v) is 8.39. The van der Waals surface area contributed by atoms with Gasteiger partial charge in [0.25, 0.3) is 5.91 Å². The highest BCUT2D eigenvalue weighted by Crippen LogP contribution is 2.27. The van der Waals surface area contributed by atoms with Crippen LogP contribution in [0.1, 0.15) is 48.9 Å². The number of piperidine rings is 1. The summed E-state index contributed by atoms with van der Waals surface area (Å²) in [4.78, 5) is 40.0. The zero-order valence-electron chi connectivity index (χ0n) is 18.1. The normalized spacial score (nSPS) is 18.6. The molecule has 1 atom stereocenters. The molecule has 1 aliphatic carbocycles. The molecule has 7 nitrogen and oxygen atoms in total. The van der Waals surface area contributed by atoms with Crippen LogP contribution >= 0.6 is 0 Å². The van der Waals surface area contributed by atoms with Crippen LogP contribution in [0.4, 0.5) is 4.39 Å². The van der Waals surface area contributed by atoms with Gasteiger partial charge in [0, 0.05) is 38.2 Å². The van der Waals surface area contributed by atoms with Crippen LogP contribution in [-0.2, 0) is 14.3 Å². The number of methoxy groups -OCH3 is 1. The number of ether oxygens (including phenoxy) is 1. The van der Waals surface area contributed by atoms with E-state index in [1.807, 2.05) is 0 Å². The van der Waals surface area contributed by atoms with Gasteiger partial charge in [-0.05, 0) is 55.9 Å². The van der Waals surface area contributed by atoms with Crippen molar-refractivity contribution in [1.82, 2.24) is 15.5 Å². The fraction of sp³-hybridized carbons (Fsp3) is 0.609. The standard InChI is InChI=1S/C23H32FN3O4/c1-31-15-12-25-22(29)20(26-21(28)17-4-2-3-5-17)16-10-13-27(14-11-16)23(30)18-6-8-19(24)9-7-18/h6-9,16-17,20H,2-5,10-15H2,1H3,(H,25,29)(H,26,28). The smallest absolute Gasteiger partial charge is 0.253 e. The van der Waals surface area contributed by atoms with Crippen LogP contribution in [0.3, 0.4) is 0 Å². The van der Waals surface area contributed by atoms with Crippen LogP contribution in [0, 0.1) is 17.7 Å². The maximum Gasteiger partial charge on any atom is 0.253 e. The first-order valence-corrected chi connectivity index (χ1v) is 11.1. The molecule has 2 fully saturated rings. The van der Waals surface area contributed by atoms with Gasteiger partial charge in [-0.15, -0.1) is 0 Å². The van der Waals surface area contributed by atoms with Crippen molar-refractivity contribution in [2.45, 2.75) is 44.6 Å². The van der Waals surface area contributed by atoms with Gasteiger partial charge >= 0.3 is 0 Å². The molecule has 31 heavy (non-hydrogen) atoms. The van der Waals surface area contributed by atoms with Gasteiger partial charge in [0.15, 0.2) is 0 Å². The lowest BCUT2D eigenvalue weighted by Gasteiger charge is -2.36. The molecule has 1 aliphatic heterocycles. The highest BCUT2D eigenvalue weighted by Gasteiger charge is 2.35. The Morgan fingerprint density at radius 1 is 1.10 bits per heavy atom. The van der Waals surface area contributed by atoms with Crippen LogP contribution < -0.4 is 10.6 Å². The molecule has 3 amide bonds. The Hall–Kier alpha value is -2.48. The molecular weight excluding hydrogens is 401 g/mol. The van der Waals surface area contributed by atoms with Gasteiger partial charge in [-0.25, -0.2) is 4.39 Å². The van der Waals surface area contributed by atoms with E-state index in [9.17, 15) is 18.8 Å². The Bertz CT molecular complexity index is 757. The summed E-state index contributed by atoms with van der Waals surface area (Å²) in [7, 11) is 1.57. The van der Waals surface area contributed by atoms with E-state index in [-0.39, 0.29) is 35.4 Å². The zero-order chi connectivity index (χ0) is 22.2. The van der Waals surface area contributed by atoms with E-state index in [1.165, 1.54) is 24.3 Å². The monoisotopic (exact) mass is 433 g/mol. The summed E-state index contributed by atoms with van der Waals surface area (Å²) in [5.41, 5.74) is 0.447. The Morgan fingerprint density at radius 2 is 1.74 bits per heavy atom. The van der Waals surface area contributed by atoms with Crippen LogP contribution in [0.15, 0.2) is 24.3 Å². The first kappa shape index (κ1) is 23.2. The molecule has 8 heteroatoms. The van der Waals surface area contributed by atoms with E-state index in [4.69, 9.17) is 4.74 Å². The second-order valence-electron chi connectivity index (χ2n) is 8.39. The Morgan fingerprint density at radius 3 is 2.35 bits per heavy atom. The molecule has 0 spiro atoms. The van der Waals surface area contributed by atoms with E-state index in [2.05, 4.69) is 10.6 Å². The number of benzene rings is 1. The van der Waals surface area contributed by atoms with Crippen molar-refractivity contribution in [2.75, 3.05) is 33.4 Å². The molecule has 0 radical (unpaired) electrons. The summed E-state index contributed by atoms with van der Waals surface area (Å²) in [6, 6.07) is 4.90. The van der Waals surface area contributed by atoms with Crippen LogP contribution in [0.5, 0.6) is 0 Å². The topological polar surface area (TPSA) is 87.7 Å². The van der Waals surface area contributed by atoms with E-state index >= 15 is 0 Å². The largest absolute Gasteiger partial charge is 0.383 e. The number of rotatable bonds is 8. The summed E-state index contributed by atoms with van der Waals surface area (Å²) < 4.78 is 18.1. The number of amides is 3. The number of nitrogens with one attached hydrogen (secondary N) is 2. The van der Waals surface area contributed by atoms with Crippen molar-refractivity contribution in [2.24, 2.45) is 11.8 Å². The average Bonchev–Trinajstić information content (AvgIpc) is 3.33. The molecule has 2 N–H and O–H groups in total. The van der Waals surface area contributed by atoms with E-state index in [1.54, 1.807) is 12.0 Å². The third kappa shape index (κ3) is 6.26. The molecule has 1 aromatic rings. The van der Waals surface area contributed by atoms with Gasteiger partial charge in [-0.1, -0.05) is 12.8 Å². The number of halogens is 1. The number of hydrogen-bond acceptors (Lipinski definition) is 4. The minimum Gasteiger partial charge on any atom is -0.383 e. The molecular formula is C23H32FN3O4. The van der Waals surface area contributed by atoms with Gasteiger partial charge in [0.2, 0.25) is 11.8 Å². The van der Waals surface area contributed by atoms with Crippen LogP contribution in [0.2, 0.25) is 0 Å². The molecule has 1 aromatic carbocycles. The Labute approximate surface area is 182 Å². The van der Waals surface area contributed by atoms with Gasteiger partial charge in [0.05, 0.1) is 6.61 Å².